The molecule has 0 fully saturated rings. The Kier molecular flexibility index (Phi) is 6.99. The van der Waals surface area contributed by atoms with Crippen LogP contribution in [0.2, 0.25) is 0 Å². The molecule has 160 valence electrons. The van der Waals surface area contributed by atoms with E-state index in [-0.39, 0.29) is 15.7 Å². The second-order valence-electron chi connectivity index (χ2n) is 6.57. The summed E-state index contributed by atoms with van der Waals surface area (Å²) < 4.78 is 25.7. The zero-order valence-electron chi connectivity index (χ0n) is 16.8. The van der Waals surface area contributed by atoms with Crippen molar-refractivity contribution >= 4 is 27.5 Å². The summed E-state index contributed by atoms with van der Waals surface area (Å²) in [7, 11) is -3.75. The Labute approximate surface area is 180 Å². The van der Waals surface area contributed by atoms with Crippen molar-refractivity contribution in [3.8, 4) is 0 Å². The highest BCUT2D eigenvalue weighted by molar-refractivity contribution is 7.91. The van der Waals surface area contributed by atoms with Crippen molar-refractivity contribution in [1.29, 1.82) is 0 Å². The monoisotopic (exact) mass is 438 g/mol. The zero-order chi connectivity index (χ0) is 22.3. The SMILES string of the molecule is CCNC(=O)c1ccc(S(=O)(=O)c2ccc(NC(=O)NCc3ccncc3)cc2)cc1. The van der Waals surface area contributed by atoms with Crippen LogP contribution in [0, 0.1) is 0 Å². The Hall–Kier alpha value is -3.72. The standard InChI is InChI=1S/C22H22N4O4S/c1-2-24-21(27)17-3-7-19(8-4-17)31(29,30)20-9-5-18(6-10-20)26-22(28)25-15-16-11-13-23-14-12-16/h3-14H,2,15H2,1H3,(H,24,27)(H2,25,26,28). The van der Waals surface area contributed by atoms with Crippen molar-refractivity contribution in [2.24, 2.45) is 0 Å². The van der Waals surface area contributed by atoms with Gasteiger partial charge < -0.3 is 16.0 Å². The van der Waals surface area contributed by atoms with E-state index in [1.165, 1.54) is 48.5 Å². The van der Waals surface area contributed by atoms with Crippen LogP contribution in [0.5, 0.6) is 0 Å². The molecule has 0 saturated heterocycles. The molecule has 0 aliphatic heterocycles. The predicted molar refractivity (Wildman–Crippen MR) is 116 cm³/mol. The second-order valence-corrected chi connectivity index (χ2v) is 8.52. The van der Waals surface area contributed by atoms with Gasteiger partial charge in [0.15, 0.2) is 0 Å². The largest absolute Gasteiger partial charge is 0.352 e. The molecule has 2 aromatic carbocycles. The maximum Gasteiger partial charge on any atom is 0.319 e. The molecular formula is C22H22N4O4S. The topological polar surface area (TPSA) is 117 Å². The van der Waals surface area contributed by atoms with Gasteiger partial charge in [-0.25, -0.2) is 13.2 Å². The number of amides is 3. The summed E-state index contributed by atoms with van der Waals surface area (Å²) in [4.78, 5) is 27.9. The van der Waals surface area contributed by atoms with Crippen LogP contribution in [-0.2, 0) is 16.4 Å². The van der Waals surface area contributed by atoms with E-state index in [1.54, 1.807) is 31.5 Å². The lowest BCUT2D eigenvalue weighted by Gasteiger charge is -2.09. The average Bonchev–Trinajstić information content (AvgIpc) is 2.79. The van der Waals surface area contributed by atoms with Crippen LogP contribution in [0.3, 0.4) is 0 Å². The van der Waals surface area contributed by atoms with Crippen LogP contribution in [0.1, 0.15) is 22.8 Å². The Bertz CT molecular complexity index is 1150. The number of hydrogen-bond acceptors (Lipinski definition) is 5. The minimum atomic E-state index is -3.75. The van der Waals surface area contributed by atoms with Crippen molar-refractivity contribution in [1.82, 2.24) is 15.6 Å². The number of carbonyl (C=O) groups is 2. The number of anilines is 1. The molecule has 31 heavy (non-hydrogen) atoms. The fraction of sp³-hybridized carbons (Fsp3) is 0.136. The molecule has 8 nitrogen and oxygen atoms in total. The van der Waals surface area contributed by atoms with Crippen LogP contribution in [0.25, 0.3) is 0 Å². The molecule has 3 rings (SSSR count). The molecule has 0 spiro atoms. The third-order valence-electron chi connectivity index (χ3n) is 4.39. The molecule has 1 heterocycles. The molecular weight excluding hydrogens is 416 g/mol. The molecule has 9 heteroatoms. The van der Waals surface area contributed by atoms with E-state index in [0.29, 0.717) is 24.3 Å². The van der Waals surface area contributed by atoms with Gasteiger partial charge in [0.05, 0.1) is 9.79 Å². The van der Waals surface area contributed by atoms with Crippen LogP contribution < -0.4 is 16.0 Å². The van der Waals surface area contributed by atoms with Crippen LogP contribution in [-0.4, -0.2) is 31.9 Å². The van der Waals surface area contributed by atoms with Gasteiger partial charge in [-0.15, -0.1) is 0 Å². The van der Waals surface area contributed by atoms with Crippen molar-refractivity contribution < 1.29 is 18.0 Å². The molecule has 0 aliphatic rings. The van der Waals surface area contributed by atoms with Crippen molar-refractivity contribution in [2.45, 2.75) is 23.3 Å². The molecule has 0 radical (unpaired) electrons. The van der Waals surface area contributed by atoms with E-state index >= 15 is 0 Å². The lowest BCUT2D eigenvalue weighted by Crippen LogP contribution is -2.28. The second kappa shape index (κ2) is 9.86. The summed E-state index contributed by atoms with van der Waals surface area (Å²) in [6.07, 6.45) is 3.28. The van der Waals surface area contributed by atoms with Crippen molar-refractivity contribution in [3.05, 3.63) is 84.2 Å². The number of pyridine rings is 1. The molecule has 0 unspecified atom stereocenters. The fourth-order valence-corrected chi connectivity index (χ4v) is 4.02. The van der Waals surface area contributed by atoms with Gasteiger partial charge in [0.25, 0.3) is 5.91 Å². The third kappa shape index (κ3) is 5.67. The smallest absolute Gasteiger partial charge is 0.319 e. The van der Waals surface area contributed by atoms with Crippen molar-refractivity contribution in [2.75, 3.05) is 11.9 Å². The number of aromatic nitrogens is 1. The molecule has 3 amide bonds. The summed E-state index contributed by atoms with van der Waals surface area (Å²) >= 11 is 0. The van der Waals surface area contributed by atoms with Gasteiger partial charge in [-0.2, -0.15) is 0 Å². The van der Waals surface area contributed by atoms with Crippen LogP contribution in [0.15, 0.2) is 82.8 Å². The molecule has 0 saturated carbocycles. The maximum atomic E-state index is 12.8. The highest BCUT2D eigenvalue weighted by Crippen LogP contribution is 2.22. The Balaban J connectivity index is 1.64. The van der Waals surface area contributed by atoms with Crippen LogP contribution >= 0.6 is 0 Å². The summed E-state index contributed by atoms with van der Waals surface area (Å²) in [5.41, 5.74) is 1.75. The molecule has 3 aromatic rings. The number of benzene rings is 2. The summed E-state index contributed by atoms with van der Waals surface area (Å²) in [5.74, 6) is -0.260. The highest BCUT2D eigenvalue weighted by Gasteiger charge is 2.18. The average molecular weight is 439 g/mol. The minimum absolute atomic E-state index is 0.0800. The fourth-order valence-electron chi connectivity index (χ4n) is 2.76. The first-order chi connectivity index (χ1) is 14.9. The first kappa shape index (κ1) is 22.0. The summed E-state index contributed by atoms with van der Waals surface area (Å²) in [6, 6.07) is 14.8. The van der Waals surface area contributed by atoms with Gasteiger partial charge in [0.2, 0.25) is 9.84 Å². The number of nitrogens with one attached hydrogen (secondary N) is 3. The number of rotatable bonds is 7. The quantitative estimate of drug-likeness (QED) is 0.524. The van der Waals surface area contributed by atoms with Crippen molar-refractivity contribution in [3.63, 3.8) is 0 Å². The Morgan fingerprint density at radius 3 is 2.00 bits per heavy atom. The Morgan fingerprint density at radius 1 is 0.839 bits per heavy atom. The number of carbonyl (C=O) groups excluding carboxylic acids is 2. The van der Waals surface area contributed by atoms with Gasteiger partial charge in [-0.1, -0.05) is 0 Å². The van der Waals surface area contributed by atoms with Gasteiger partial charge >= 0.3 is 6.03 Å². The predicted octanol–water partition coefficient (Wildman–Crippen LogP) is 2.99. The van der Waals surface area contributed by atoms with Gasteiger partial charge in [-0.3, -0.25) is 9.78 Å². The number of sulfone groups is 1. The first-order valence-electron chi connectivity index (χ1n) is 9.57. The van der Waals surface area contributed by atoms with E-state index in [1.807, 2.05) is 0 Å². The lowest BCUT2D eigenvalue weighted by atomic mass is 10.2. The van der Waals surface area contributed by atoms with E-state index in [9.17, 15) is 18.0 Å². The lowest BCUT2D eigenvalue weighted by molar-refractivity contribution is 0.0955. The number of urea groups is 1. The molecule has 0 aliphatic carbocycles. The third-order valence-corrected chi connectivity index (χ3v) is 6.17. The van der Waals surface area contributed by atoms with Crippen LogP contribution in [0.4, 0.5) is 10.5 Å². The highest BCUT2D eigenvalue weighted by atomic mass is 32.2. The van der Waals surface area contributed by atoms with E-state index in [2.05, 4.69) is 20.9 Å². The zero-order valence-corrected chi connectivity index (χ0v) is 17.6. The van der Waals surface area contributed by atoms with E-state index < -0.39 is 15.9 Å². The Morgan fingerprint density at radius 2 is 1.42 bits per heavy atom. The summed E-state index contributed by atoms with van der Waals surface area (Å²) in [5, 5.41) is 8.03. The summed E-state index contributed by atoms with van der Waals surface area (Å²) in [6.45, 7) is 2.63. The normalized spacial score (nSPS) is 10.9. The van der Waals surface area contributed by atoms with E-state index in [0.717, 1.165) is 5.56 Å². The first-order valence-corrected chi connectivity index (χ1v) is 11.1. The van der Waals surface area contributed by atoms with E-state index in [4.69, 9.17) is 0 Å². The molecule has 3 N–H and O–H groups in total. The van der Waals surface area contributed by atoms with Gasteiger partial charge in [0.1, 0.15) is 0 Å². The molecule has 0 atom stereocenters. The maximum absolute atomic E-state index is 12.8. The molecule has 0 bridgehead atoms. The minimum Gasteiger partial charge on any atom is -0.352 e. The van der Waals surface area contributed by atoms with Gasteiger partial charge in [0, 0.05) is 36.7 Å². The number of hydrogen-bond donors (Lipinski definition) is 3. The van der Waals surface area contributed by atoms with Gasteiger partial charge in [-0.05, 0) is 73.2 Å². The number of nitrogens with zero attached hydrogens (tertiary/aromatic N) is 1. The molecule has 1 aromatic heterocycles.